The van der Waals surface area contributed by atoms with Gasteiger partial charge in [0.25, 0.3) is 0 Å². The Kier molecular flexibility index (Phi) is 3.53. The molecule has 1 aliphatic carbocycles. The van der Waals surface area contributed by atoms with E-state index in [0.29, 0.717) is 25.8 Å². The second-order valence-electron chi connectivity index (χ2n) is 9.52. The Morgan fingerprint density at radius 2 is 1.96 bits per heavy atom. The Hall–Kier alpha value is -2.37. The number of fused-ring (bicyclic) bond motifs is 2. The fraction of sp³-hybridized carbons (Fsp3) is 0.591. The summed E-state index contributed by atoms with van der Waals surface area (Å²) in [4.78, 5) is 42.5. The number of anilines is 1. The van der Waals surface area contributed by atoms with Crippen molar-refractivity contribution >= 4 is 23.5 Å². The Bertz CT molecular complexity index is 889. The van der Waals surface area contributed by atoms with Gasteiger partial charge in [-0.05, 0) is 45.2 Å². The molecule has 1 saturated carbocycles. The van der Waals surface area contributed by atoms with Crippen LogP contribution in [0.2, 0.25) is 0 Å². The predicted octanol–water partition coefficient (Wildman–Crippen LogP) is 3.03. The Morgan fingerprint density at radius 1 is 1.21 bits per heavy atom. The Balaban J connectivity index is 1.63. The number of carbonyl (C=O) groups is 3. The van der Waals surface area contributed by atoms with Crippen LogP contribution in [0.15, 0.2) is 24.3 Å². The summed E-state index contributed by atoms with van der Waals surface area (Å²) in [5, 5.41) is 0. The van der Waals surface area contributed by atoms with Gasteiger partial charge in [0, 0.05) is 36.4 Å². The van der Waals surface area contributed by atoms with Crippen LogP contribution in [-0.4, -0.2) is 46.9 Å². The number of benzene rings is 1. The summed E-state index contributed by atoms with van der Waals surface area (Å²) in [6, 6.07) is 7.58. The number of carbonyl (C=O) groups excluding carboxylic acids is 3. The van der Waals surface area contributed by atoms with E-state index in [-0.39, 0.29) is 41.2 Å². The molecule has 4 atom stereocenters. The van der Waals surface area contributed by atoms with Crippen molar-refractivity contribution in [2.75, 3.05) is 11.4 Å². The molecule has 1 aromatic rings. The zero-order valence-electron chi connectivity index (χ0n) is 16.6. The van der Waals surface area contributed by atoms with Crippen molar-refractivity contribution in [3.63, 3.8) is 0 Å². The van der Waals surface area contributed by atoms with E-state index in [4.69, 9.17) is 4.74 Å². The third-order valence-corrected chi connectivity index (χ3v) is 6.96. The molecule has 1 spiro atoms. The molecule has 0 radical (unpaired) electrons. The molecule has 2 saturated heterocycles. The largest absolute Gasteiger partial charge is 0.444 e. The first kappa shape index (κ1) is 17.7. The Labute approximate surface area is 164 Å². The van der Waals surface area contributed by atoms with Gasteiger partial charge in [0.05, 0.1) is 12.1 Å². The van der Waals surface area contributed by atoms with E-state index in [1.54, 1.807) is 4.90 Å². The van der Waals surface area contributed by atoms with Crippen molar-refractivity contribution in [1.82, 2.24) is 4.90 Å². The van der Waals surface area contributed by atoms with Gasteiger partial charge >= 0.3 is 6.09 Å². The van der Waals surface area contributed by atoms with Crippen LogP contribution in [0.4, 0.5) is 10.5 Å². The van der Waals surface area contributed by atoms with Crippen molar-refractivity contribution in [2.24, 2.45) is 5.92 Å². The smallest absolute Gasteiger partial charge is 0.410 e. The molecule has 1 aromatic carbocycles. The average molecular weight is 382 g/mol. The van der Waals surface area contributed by atoms with Crippen molar-refractivity contribution in [3.8, 4) is 0 Å². The molecule has 0 aromatic heterocycles. The number of ketones is 1. The summed E-state index contributed by atoms with van der Waals surface area (Å²) in [6.45, 7) is 6.11. The molecular formula is C22H26N2O4. The van der Waals surface area contributed by atoms with E-state index in [0.717, 1.165) is 17.7 Å². The quantitative estimate of drug-likeness (QED) is 0.692. The number of amides is 2. The van der Waals surface area contributed by atoms with E-state index in [1.165, 1.54) is 0 Å². The number of ether oxygens (including phenoxy) is 1. The normalized spacial score (nSPS) is 33.5. The molecule has 3 aliphatic heterocycles. The van der Waals surface area contributed by atoms with E-state index in [2.05, 4.69) is 6.07 Å². The molecule has 6 nitrogen and oxygen atoms in total. The van der Waals surface area contributed by atoms with Crippen LogP contribution < -0.4 is 4.90 Å². The maximum Gasteiger partial charge on any atom is 0.410 e. The maximum absolute atomic E-state index is 13.1. The highest BCUT2D eigenvalue weighted by atomic mass is 16.6. The van der Waals surface area contributed by atoms with Crippen LogP contribution in [0.1, 0.15) is 52.0 Å². The highest BCUT2D eigenvalue weighted by Crippen LogP contribution is 2.60. The molecule has 0 N–H and O–H groups in total. The zero-order valence-corrected chi connectivity index (χ0v) is 16.6. The summed E-state index contributed by atoms with van der Waals surface area (Å²) < 4.78 is 5.65. The molecule has 4 aliphatic rings. The number of likely N-dealkylation sites (tertiary alicyclic amines) is 1. The average Bonchev–Trinajstić information content (AvgIpc) is 3.14. The molecule has 148 valence electrons. The van der Waals surface area contributed by atoms with Gasteiger partial charge in [-0.25, -0.2) is 4.79 Å². The molecule has 2 amide bonds. The minimum Gasteiger partial charge on any atom is -0.444 e. The highest BCUT2D eigenvalue weighted by Gasteiger charge is 2.68. The Morgan fingerprint density at radius 3 is 2.71 bits per heavy atom. The molecule has 0 bridgehead atoms. The van der Waals surface area contributed by atoms with Crippen LogP contribution in [0, 0.1) is 5.92 Å². The lowest BCUT2D eigenvalue weighted by Gasteiger charge is -2.50. The van der Waals surface area contributed by atoms with Crippen LogP contribution in [0.3, 0.4) is 0 Å². The third-order valence-electron chi connectivity index (χ3n) is 6.96. The van der Waals surface area contributed by atoms with Crippen LogP contribution >= 0.6 is 0 Å². The lowest BCUT2D eigenvalue weighted by Crippen LogP contribution is -2.65. The third kappa shape index (κ3) is 2.17. The van der Waals surface area contributed by atoms with Crippen molar-refractivity contribution in [1.29, 1.82) is 0 Å². The summed E-state index contributed by atoms with van der Waals surface area (Å²) in [6.07, 6.45) is 1.77. The number of hydrogen-bond donors (Lipinski definition) is 0. The van der Waals surface area contributed by atoms with Gasteiger partial charge < -0.3 is 14.5 Å². The van der Waals surface area contributed by atoms with Crippen molar-refractivity contribution in [3.05, 3.63) is 29.8 Å². The summed E-state index contributed by atoms with van der Waals surface area (Å²) in [5.74, 6) is 0.126. The lowest BCUT2D eigenvalue weighted by molar-refractivity contribution is -0.132. The topological polar surface area (TPSA) is 66.9 Å². The highest BCUT2D eigenvalue weighted by molar-refractivity contribution is 6.02. The SMILES string of the molecule is CC(C)(C)OC(=O)N1CC[C@]23c4ccccc4N4C(=O)CCC(C(=O)C[C@H]12)[C@H]43. The number of para-hydroxylation sites is 1. The maximum atomic E-state index is 13.1. The molecule has 3 heterocycles. The van der Waals surface area contributed by atoms with Gasteiger partial charge in [-0.3, -0.25) is 9.59 Å². The summed E-state index contributed by atoms with van der Waals surface area (Å²) in [5.41, 5.74) is 1.08. The molecule has 28 heavy (non-hydrogen) atoms. The number of Topliss-reactive ketones (excluding diaryl/α,β-unsaturated/α-hetero) is 1. The molecule has 5 rings (SSSR count). The van der Waals surface area contributed by atoms with Gasteiger partial charge in [0.2, 0.25) is 5.91 Å². The molecule has 6 heteroatoms. The van der Waals surface area contributed by atoms with Gasteiger partial charge in [-0.15, -0.1) is 0 Å². The van der Waals surface area contributed by atoms with Crippen LogP contribution in [-0.2, 0) is 19.7 Å². The standard InChI is InChI=1S/C22H26N2O4/c1-21(2,3)28-20(27)23-11-10-22-14-6-4-5-7-15(14)24-18(26)9-8-13(19(22)24)16(25)12-17(22)23/h4-7,13,17,19H,8-12H2,1-3H3/t13?,17-,19-,22-/m0/s1. The van der Waals surface area contributed by atoms with Gasteiger partial charge in [0.1, 0.15) is 11.4 Å². The van der Waals surface area contributed by atoms with Crippen molar-refractivity contribution in [2.45, 2.75) is 69.6 Å². The van der Waals surface area contributed by atoms with E-state index < -0.39 is 5.60 Å². The lowest BCUT2D eigenvalue weighted by atomic mass is 9.59. The number of hydrogen-bond acceptors (Lipinski definition) is 4. The minimum atomic E-state index is -0.589. The summed E-state index contributed by atoms with van der Waals surface area (Å²) >= 11 is 0. The van der Waals surface area contributed by atoms with Crippen LogP contribution in [0.25, 0.3) is 0 Å². The van der Waals surface area contributed by atoms with Gasteiger partial charge in [-0.1, -0.05) is 18.2 Å². The van der Waals surface area contributed by atoms with E-state index in [9.17, 15) is 14.4 Å². The fourth-order valence-electron chi connectivity index (χ4n) is 6.08. The van der Waals surface area contributed by atoms with E-state index in [1.807, 2.05) is 43.9 Å². The molecular weight excluding hydrogens is 356 g/mol. The zero-order chi connectivity index (χ0) is 19.8. The van der Waals surface area contributed by atoms with Crippen molar-refractivity contribution < 1.29 is 19.1 Å². The second kappa shape index (κ2) is 5.58. The number of piperidine rings is 1. The monoisotopic (exact) mass is 382 g/mol. The predicted molar refractivity (Wildman–Crippen MR) is 103 cm³/mol. The minimum absolute atomic E-state index is 0.0924. The summed E-state index contributed by atoms with van der Waals surface area (Å²) in [7, 11) is 0. The molecule has 3 fully saturated rings. The second-order valence-corrected chi connectivity index (χ2v) is 9.52. The van der Waals surface area contributed by atoms with Gasteiger partial charge in [-0.2, -0.15) is 0 Å². The first-order valence-corrected chi connectivity index (χ1v) is 10.2. The molecule has 1 unspecified atom stereocenters. The first-order valence-electron chi connectivity index (χ1n) is 10.2. The number of nitrogens with zero attached hydrogens (tertiary/aromatic N) is 2. The fourth-order valence-corrected chi connectivity index (χ4v) is 6.08. The van der Waals surface area contributed by atoms with Gasteiger partial charge in [0.15, 0.2) is 0 Å². The van der Waals surface area contributed by atoms with Crippen LogP contribution in [0.5, 0.6) is 0 Å². The first-order chi connectivity index (χ1) is 13.2. The number of rotatable bonds is 0. The van der Waals surface area contributed by atoms with E-state index >= 15 is 0 Å².